The summed E-state index contributed by atoms with van der Waals surface area (Å²) in [6, 6.07) is 10.7. The van der Waals surface area contributed by atoms with E-state index in [2.05, 4.69) is 15.9 Å². The maximum Gasteiger partial charge on any atom is 0.340 e. The van der Waals surface area contributed by atoms with Gasteiger partial charge >= 0.3 is 5.97 Å². The molecule has 1 heterocycles. The first-order chi connectivity index (χ1) is 15.4. The molecule has 0 N–H and O–H groups in total. The average Bonchev–Trinajstić information content (AvgIpc) is 3.03. The van der Waals surface area contributed by atoms with Gasteiger partial charge in [0.05, 0.1) is 39.1 Å². The zero-order chi connectivity index (χ0) is 23.4. The Bertz CT molecular complexity index is 1100. The fraction of sp³-hybridized carbons (Fsp3) is 0.250. The summed E-state index contributed by atoms with van der Waals surface area (Å²) in [5.74, 6) is 0.347. The smallest absolute Gasteiger partial charge is 0.340 e. The summed E-state index contributed by atoms with van der Waals surface area (Å²) in [6.07, 6.45) is 1.61. The summed E-state index contributed by atoms with van der Waals surface area (Å²) in [5, 5.41) is 0. The molecule has 2 aromatic rings. The van der Waals surface area contributed by atoms with Crippen LogP contribution in [0.2, 0.25) is 0 Å². The molecular formula is C24H24BrNO6. The number of hydrogen-bond donors (Lipinski definition) is 0. The van der Waals surface area contributed by atoms with Crippen LogP contribution >= 0.6 is 15.9 Å². The number of allylic oxidation sites excluding steroid dienone is 1. The van der Waals surface area contributed by atoms with Crippen molar-refractivity contribution in [3.63, 3.8) is 0 Å². The highest BCUT2D eigenvalue weighted by molar-refractivity contribution is 9.10. The molecule has 3 rings (SSSR count). The molecule has 0 saturated carbocycles. The van der Waals surface area contributed by atoms with E-state index >= 15 is 0 Å². The molecule has 0 bridgehead atoms. The van der Waals surface area contributed by atoms with Crippen molar-refractivity contribution < 1.29 is 28.5 Å². The van der Waals surface area contributed by atoms with E-state index in [4.69, 9.17) is 18.9 Å². The van der Waals surface area contributed by atoms with Crippen molar-refractivity contribution in [2.24, 2.45) is 0 Å². The van der Waals surface area contributed by atoms with Crippen LogP contribution in [0.15, 0.2) is 57.7 Å². The highest BCUT2D eigenvalue weighted by atomic mass is 79.9. The van der Waals surface area contributed by atoms with E-state index in [9.17, 15) is 9.59 Å². The van der Waals surface area contributed by atoms with Gasteiger partial charge in [0.15, 0.2) is 11.5 Å². The van der Waals surface area contributed by atoms with Crippen molar-refractivity contribution in [2.75, 3.05) is 32.8 Å². The quantitative estimate of drug-likeness (QED) is 0.402. The van der Waals surface area contributed by atoms with Crippen LogP contribution in [0.5, 0.6) is 17.2 Å². The van der Waals surface area contributed by atoms with Gasteiger partial charge in [0.2, 0.25) is 5.75 Å². The molecule has 7 nitrogen and oxygen atoms in total. The average molecular weight is 502 g/mol. The van der Waals surface area contributed by atoms with Crippen molar-refractivity contribution >= 4 is 39.6 Å². The van der Waals surface area contributed by atoms with Crippen molar-refractivity contribution in [3.8, 4) is 17.2 Å². The number of carbonyl (C=O) groups excluding carboxylic acids is 2. The van der Waals surface area contributed by atoms with E-state index in [1.165, 1.54) is 26.2 Å². The lowest BCUT2D eigenvalue weighted by Gasteiger charge is -2.18. The normalized spacial score (nSPS) is 14.8. The van der Waals surface area contributed by atoms with Crippen LogP contribution in [0.1, 0.15) is 19.4 Å². The Balaban J connectivity index is 2.20. The number of ether oxygens (including phenoxy) is 4. The van der Waals surface area contributed by atoms with Gasteiger partial charge in [-0.3, -0.25) is 9.69 Å². The number of esters is 1. The van der Waals surface area contributed by atoms with Crippen LogP contribution in [-0.2, 0) is 14.3 Å². The van der Waals surface area contributed by atoms with Crippen LogP contribution in [-0.4, -0.2) is 39.8 Å². The number of nitrogens with zero attached hydrogens (tertiary/aromatic N) is 1. The molecule has 0 radical (unpaired) electrons. The van der Waals surface area contributed by atoms with Crippen molar-refractivity contribution in [2.45, 2.75) is 13.8 Å². The second-order valence-electron chi connectivity index (χ2n) is 6.78. The summed E-state index contributed by atoms with van der Waals surface area (Å²) in [6.45, 7) is 3.63. The van der Waals surface area contributed by atoms with E-state index in [1.807, 2.05) is 12.1 Å². The number of anilines is 1. The Morgan fingerprint density at radius 2 is 1.66 bits per heavy atom. The van der Waals surface area contributed by atoms with Gasteiger partial charge in [-0.25, -0.2) is 4.79 Å². The Morgan fingerprint density at radius 1 is 1.00 bits per heavy atom. The van der Waals surface area contributed by atoms with Crippen LogP contribution in [0.4, 0.5) is 5.69 Å². The van der Waals surface area contributed by atoms with Gasteiger partial charge in [0.25, 0.3) is 5.91 Å². The molecule has 0 aromatic heterocycles. The molecule has 1 amide bonds. The zero-order valence-electron chi connectivity index (χ0n) is 18.5. The topological polar surface area (TPSA) is 74.3 Å². The third kappa shape index (κ3) is 4.23. The molecule has 0 aliphatic carbocycles. The fourth-order valence-corrected chi connectivity index (χ4v) is 3.84. The predicted molar refractivity (Wildman–Crippen MR) is 125 cm³/mol. The molecule has 32 heavy (non-hydrogen) atoms. The van der Waals surface area contributed by atoms with Crippen molar-refractivity contribution in [1.82, 2.24) is 0 Å². The predicted octanol–water partition coefficient (Wildman–Crippen LogP) is 4.74. The van der Waals surface area contributed by atoms with Gasteiger partial charge in [-0.2, -0.15) is 0 Å². The molecule has 0 fully saturated rings. The lowest BCUT2D eigenvalue weighted by atomic mass is 10.0. The van der Waals surface area contributed by atoms with Gasteiger partial charge in [0, 0.05) is 21.4 Å². The van der Waals surface area contributed by atoms with Crippen molar-refractivity contribution in [1.29, 1.82) is 0 Å². The second kappa shape index (κ2) is 9.91. The maximum absolute atomic E-state index is 13.5. The lowest BCUT2D eigenvalue weighted by Crippen LogP contribution is -2.24. The van der Waals surface area contributed by atoms with Crippen LogP contribution in [0.25, 0.3) is 6.08 Å². The number of methoxy groups -OCH3 is 3. The molecule has 168 valence electrons. The van der Waals surface area contributed by atoms with Crippen molar-refractivity contribution in [3.05, 3.63) is 63.3 Å². The third-order valence-corrected chi connectivity index (χ3v) is 5.53. The summed E-state index contributed by atoms with van der Waals surface area (Å²) < 4.78 is 22.4. The Hall–Kier alpha value is -3.26. The van der Waals surface area contributed by atoms with Gasteiger partial charge in [-0.05, 0) is 56.3 Å². The highest BCUT2D eigenvalue weighted by Crippen LogP contribution is 2.42. The molecule has 0 unspecified atom stereocenters. The molecule has 2 aromatic carbocycles. The number of halogens is 1. The second-order valence-corrected chi connectivity index (χ2v) is 7.70. The van der Waals surface area contributed by atoms with Crippen LogP contribution < -0.4 is 19.1 Å². The van der Waals surface area contributed by atoms with Gasteiger partial charge < -0.3 is 18.9 Å². The molecular weight excluding hydrogens is 478 g/mol. The van der Waals surface area contributed by atoms with Gasteiger partial charge in [-0.15, -0.1) is 0 Å². The standard InChI is InChI=1S/C24H24BrNO6/c1-6-32-24(28)20-14(2)26(17-10-8-16(25)9-11-17)23(27)18(20)13-15-7-12-19(29-3)22(31-5)21(15)30-4/h7-13H,6H2,1-5H3/b18-13-. The minimum absolute atomic E-state index is 0.190. The Labute approximate surface area is 195 Å². The number of hydrogen-bond acceptors (Lipinski definition) is 6. The van der Waals surface area contributed by atoms with Crippen LogP contribution in [0.3, 0.4) is 0 Å². The molecule has 0 saturated heterocycles. The molecule has 0 atom stereocenters. The summed E-state index contributed by atoms with van der Waals surface area (Å²) in [5.41, 5.74) is 2.09. The van der Waals surface area contributed by atoms with E-state index in [1.54, 1.807) is 44.2 Å². The van der Waals surface area contributed by atoms with Gasteiger partial charge in [0.1, 0.15) is 0 Å². The first-order valence-corrected chi connectivity index (χ1v) is 10.7. The Morgan fingerprint density at radius 3 is 2.22 bits per heavy atom. The maximum atomic E-state index is 13.5. The molecule has 1 aliphatic rings. The number of benzene rings is 2. The zero-order valence-corrected chi connectivity index (χ0v) is 20.1. The van der Waals surface area contributed by atoms with E-state index < -0.39 is 5.97 Å². The summed E-state index contributed by atoms with van der Waals surface area (Å²) in [4.78, 5) is 27.8. The number of amides is 1. The van der Waals surface area contributed by atoms with E-state index in [0.717, 1.165) is 4.47 Å². The monoisotopic (exact) mass is 501 g/mol. The first kappa shape index (κ1) is 23.4. The summed E-state index contributed by atoms with van der Waals surface area (Å²) in [7, 11) is 4.52. The third-order valence-electron chi connectivity index (χ3n) is 5.00. The molecule has 8 heteroatoms. The highest BCUT2D eigenvalue weighted by Gasteiger charge is 2.38. The molecule has 1 aliphatic heterocycles. The molecule has 0 spiro atoms. The van der Waals surface area contributed by atoms with E-state index in [-0.39, 0.29) is 23.7 Å². The van der Waals surface area contributed by atoms with Crippen LogP contribution in [0, 0.1) is 0 Å². The lowest BCUT2D eigenvalue weighted by molar-refractivity contribution is -0.138. The SMILES string of the molecule is CCOC(=O)C1=C(C)N(c2ccc(Br)cc2)C(=O)/C1=C\c1ccc(OC)c(OC)c1OC. The Kier molecular flexibility index (Phi) is 7.25. The largest absolute Gasteiger partial charge is 0.493 e. The minimum Gasteiger partial charge on any atom is -0.493 e. The first-order valence-electron chi connectivity index (χ1n) is 9.86. The number of rotatable bonds is 7. The minimum atomic E-state index is -0.566. The summed E-state index contributed by atoms with van der Waals surface area (Å²) >= 11 is 3.40. The number of carbonyl (C=O) groups is 2. The fourth-order valence-electron chi connectivity index (χ4n) is 3.58. The van der Waals surface area contributed by atoms with Gasteiger partial charge in [-0.1, -0.05) is 15.9 Å². The van der Waals surface area contributed by atoms with E-state index in [0.29, 0.717) is 34.2 Å².